The monoisotopic (exact) mass is 382 g/mol. The number of nitrogens with one attached hydrogen (secondary N) is 1. The zero-order chi connectivity index (χ0) is 19.3. The van der Waals surface area contributed by atoms with Crippen molar-refractivity contribution in [3.8, 4) is 0 Å². The number of nitrogens with zero attached hydrogens (tertiary/aromatic N) is 1. The van der Waals surface area contributed by atoms with Crippen molar-refractivity contribution in [2.45, 2.75) is 43.5 Å². The normalized spacial score (nSPS) is 20.6. The molecule has 1 aromatic carbocycles. The first-order valence-corrected chi connectivity index (χ1v) is 10.1. The van der Waals surface area contributed by atoms with E-state index in [4.69, 9.17) is 4.74 Å². The van der Waals surface area contributed by atoms with E-state index < -0.39 is 16.0 Å². The van der Waals surface area contributed by atoms with E-state index >= 15 is 0 Å². The minimum atomic E-state index is -3.55. The van der Waals surface area contributed by atoms with Crippen molar-refractivity contribution in [3.63, 3.8) is 0 Å². The number of sulfonamides is 1. The second-order valence-corrected chi connectivity index (χ2v) is 8.98. The van der Waals surface area contributed by atoms with Gasteiger partial charge in [0.25, 0.3) is 5.91 Å². The molecule has 0 heterocycles. The molecule has 2 atom stereocenters. The SMILES string of the molecule is CC1CCCCC1NC(=O)COC(=O)c1ccc(S(=O)(=O)N(C)C)cc1. The van der Waals surface area contributed by atoms with E-state index in [9.17, 15) is 18.0 Å². The quantitative estimate of drug-likeness (QED) is 0.757. The molecule has 26 heavy (non-hydrogen) atoms. The van der Waals surface area contributed by atoms with Crippen LogP contribution in [0, 0.1) is 5.92 Å². The van der Waals surface area contributed by atoms with Crippen LogP contribution in [0.15, 0.2) is 29.2 Å². The first kappa shape index (κ1) is 20.4. The van der Waals surface area contributed by atoms with E-state index in [0.29, 0.717) is 5.92 Å². The number of carbonyl (C=O) groups is 2. The molecule has 1 fully saturated rings. The van der Waals surface area contributed by atoms with Crippen LogP contribution in [-0.4, -0.2) is 51.3 Å². The van der Waals surface area contributed by atoms with E-state index in [1.165, 1.54) is 44.8 Å². The summed E-state index contributed by atoms with van der Waals surface area (Å²) in [5.74, 6) is -0.552. The molecule has 0 aromatic heterocycles. The smallest absolute Gasteiger partial charge is 0.338 e. The Morgan fingerprint density at radius 3 is 2.35 bits per heavy atom. The molecule has 2 rings (SSSR count). The summed E-state index contributed by atoms with van der Waals surface area (Å²) in [6.45, 7) is 1.76. The summed E-state index contributed by atoms with van der Waals surface area (Å²) in [7, 11) is -0.682. The van der Waals surface area contributed by atoms with E-state index in [2.05, 4.69) is 12.2 Å². The third kappa shape index (κ3) is 5.04. The van der Waals surface area contributed by atoms with Crippen LogP contribution < -0.4 is 5.32 Å². The van der Waals surface area contributed by atoms with Gasteiger partial charge in [0.05, 0.1) is 10.5 Å². The summed E-state index contributed by atoms with van der Waals surface area (Å²) in [6, 6.07) is 5.57. The maximum atomic E-state index is 12.0. The molecule has 144 valence electrons. The van der Waals surface area contributed by atoms with Gasteiger partial charge in [0, 0.05) is 20.1 Å². The van der Waals surface area contributed by atoms with Gasteiger partial charge in [-0.25, -0.2) is 17.5 Å². The Labute approximate surface area is 154 Å². The molecule has 0 radical (unpaired) electrons. The first-order chi connectivity index (χ1) is 12.2. The number of benzene rings is 1. The molecular formula is C18H26N2O5S. The van der Waals surface area contributed by atoms with Crippen LogP contribution in [0.25, 0.3) is 0 Å². The third-order valence-corrected chi connectivity index (χ3v) is 6.49. The predicted octanol–water partition coefficient (Wildman–Crippen LogP) is 1.79. The van der Waals surface area contributed by atoms with Crippen LogP contribution in [0.4, 0.5) is 0 Å². The van der Waals surface area contributed by atoms with Crippen molar-refractivity contribution < 1.29 is 22.7 Å². The van der Waals surface area contributed by atoms with Crippen molar-refractivity contribution in [1.29, 1.82) is 0 Å². The summed E-state index contributed by atoms with van der Waals surface area (Å²) >= 11 is 0. The maximum absolute atomic E-state index is 12.0. The zero-order valence-corrected chi connectivity index (χ0v) is 16.2. The van der Waals surface area contributed by atoms with Gasteiger partial charge < -0.3 is 10.1 Å². The standard InChI is InChI=1S/C18H26N2O5S/c1-13-6-4-5-7-16(13)19-17(21)12-25-18(22)14-8-10-15(11-9-14)26(23,24)20(2)3/h8-11,13,16H,4-7,12H2,1-3H3,(H,19,21). The van der Waals surface area contributed by atoms with Crippen molar-refractivity contribution in [3.05, 3.63) is 29.8 Å². The summed E-state index contributed by atoms with van der Waals surface area (Å²) in [4.78, 5) is 24.1. The second-order valence-electron chi connectivity index (χ2n) is 6.82. The molecular weight excluding hydrogens is 356 g/mol. The lowest BCUT2D eigenvalue weighted by molar-refractivity contribution is -0.125. The fraction of sp³-hybridized carbons (Fsp3) is 0.556. The Morgan fingerprint density at radius 2 is 1.77 bits per heavy atom. The van der Waals surface area contributed by atoms with Crippen molar-refractivity contribution >= 4 is 21.9 Å². The summed E-state index contributed by atoms with van der Waals surface area (Å²) in [5.41, 5.74) is 0.196. The van der Waals surface area contributed by atoms with Crippen LogP contribution in [0.1, 0.15) is 43.0 Å². The topological polar surface area (TPSA) is 92.8 Å². The molecule has 1 aromatic rings. The van der Waals surface area contributed by atoms with Gasteiger partial charge in [0.1, 0.15) is 0 Å². The van der Waals surface area contributed by atoms with Crippen LogP contribution in [0.5, 0.6) is 0 Å². The Bertz CT molecular complexity index is 743. The molecule has 2 unspecified atom stereocenters. The molecule has 1 aliphatic carbocycles. The number of hydrogen-bond donors (Lipinski definition) is 1. The predicted molar refractivity (Wildman–Crippen MR) is 97.2 cm³/mol. The van der Waals surface area contributed by atoms with E-state index in [1.807, 2.05) is 0 Å². The Kier molecular flexibility index (Phi) is 6.77. The van der Waals surface area contributed by atoms with Crippen LogP contribution in [0.2, 0.25) is 0 Å². The number of carbonyl (C=O) groups excluding carboxylic acids is 2. The van der Waals surface area contributed by atoms with Crippen LogP contribution in [-0.2, 0) is 19.6 Å². The number of hydrogen-bond acceptors (Lipinski definition) is 5. The lowest BCUT2D eigenvalue weighted by atomic mass is 9.86. The first-order valence-electron chi connectivity index (χ1n) is 8.71. The minimum absolute atomic E-state index is 0.0862. The second kappa shape index (κ2) is 8.64. The molecule has 1 amide bonds. The molecule has 1 N–H and O–H groups in total. The van der Waals surface area contributed by atoms with Crippen molar-refractivity contribution in [2.24, 2.45) is 5.92 Å². The summed E-state index contributed by atoms with van der Waals surface area (Å²) < 4.78 is 30.1. The molecule has 8 heteroatoms. The molecule has 7 nitrogen and oxygen atoms in total. The highest BCUT2D eigenvalue weighted by molar-refractivity contribution is 7.89. The maximum Gasteiger partial charge on any atom is 0.338 e. The zero-order valence-electron chi connectivity index (χ0n) is 15.4. The van der Waals surface area contributed by atoms with Gasteiger partial charge in [-0.15, -0.1) is 0 Å². The molecule has 0 saturated heterocycles. The highest BCUT2D eigenvalue weighted by atomic mass is 32.2. The highest BCUT2D eigenvalue weighted by Crippen LogP contribution is 2.23. The summed E-state index contributed by atoms with van der Waals surface area (Å²) in [5, 5.41) is 2.92. The molecule has 1 saturated carbocycles. The van der Waals surface area contributed by atoms with Crippen LogP contribution in [0.3, 0.4) is 0 Å². The van der Waals surface area contributed by atoms with E-state index in [0.717, 1.165) is 23.6 Å². The fourth-order valence-electron chi connectivity index (χ4n) is 2.97. The third-order valence-electron chi connectivity index (χ3n) is 4.66. The Morgan fingerprint density at radius 1 is 1.15 bits per heavy atom. The van der Waals surface area contributed by atoms with Gasteiger partial charge in [-0.05, 0) is 43.0 Å². The number of ether oxygens (including phenoxy) is 1. The molecule has 1 aliphatic rings. The van der Waals surface area contributed by atoms with Crippen molar-refractivity contribution in [1.82, 2.24) is 9.62 Å². The number of esters is 1. The fourth-order valence-corrected chi connectivity index (χ4v) is 3.87. The largest absolute Gasteiger partial charge is 0.452 e. The molecule has 0 bridgehead atoms. The van der Waals surface area contributed by atoms with E-state index in [1.54, 1.807) is 0 Å². The summed E-state index contributed by atoms with van der Waals surface area (Å²) in [6.07, 6.45) is 4.31. The van der Waals surface area contributed by atoms with Crippen molar-refractivity contribution in [2.75, 3.05) is 20.7 Å². The minimum Gasteiger partial charge on any atom is -0.452 e. The van der Waals surface area contributed by atoms with Gasteiger partial charge >= 0.3 is 5.97 Å². The van der Waals surface area contributed by atoms with E-state index in [-0.39, 0.29) is 29.0 Å². The van der Waals surface area contributed by atoms with Gasteiger partial charge in [0.15, 0.2) is 6.61 Å². The lowest BCUT2D eigenvalue weighted by Crippen LogP contribution is -2.42. The van der Waals surface area contributed by atoms with Gasteiger partial charge in [-0.2, -0.15) is 0 Å². The lowest BCUT2D eigenvalue weighted by Gasteiger charge is -2.29. The molecule has 0 aliphatic heterocycles. The average Bonchev–Trinajstić information content (AvgIpc) is 2.61. The van der Waals surface area contributed by atoms with Gasteiger partial charge in [-0.3, -0.25) is 4.79 Å². The van der Waals surface area contributed by atoms with Gasteiger partial charge in [-0.1, -0.05) is 19.8 Å². The number of rotatable bonds is 6. The average molecular weight is 382 g/mol. The highest BCUT2D eigenvalue weighted by Gasteiger charge is 2.23. The van der Waals surface area contributed by atoms with Gasteiger partial charge in [0.2, 0.25) is 10.0 Å². The Hall–Kier alpha value is -1.93. The van der Waals surface area contributed by atoms with Crippen LogP contribution >= 0.6 is 0 Å². The Balaban J connectivity index is 1.88. The molecule has 0 spiro atoms. The number of amides is 1.